The van der Waals surface area contributed by atoms with Crippen molar-refractivity contribution in [1.29, 1.82) is 0 Å². The Morgan fingerprint density at radius 3 is 3.07 bits per heavy atom. The van der Waals surface area contributed by atoms with E-state index in [2.05, 4.69) is 26.2 Å². The van der Waals surface area contributed by atoms with Gasteiger partial charge in [0.2, 0.25) is 5.12 Å². The molecule has 2 rings (SSSR count). The lowest BCUT2D eigenvalue weighted by molar-refractivity contribution is -0.109. The van der Waals surface area contributed by atoms with Crippen LogP contribution >= 0.6 is 27.7 Å². The van der Waals surface area contributed by atoms with E-state index in [0.29, 0.717) is 15.2 Å². The van der Waals surface area contributed by atoms with Crippen molar-refractivity contribution in [2.24, 2.45) is 0 Å². The van der Waals surface area contributed by atoms with Crippen LogP contribution in [-0.2, 0) is 4.79 Å². The number of pyridine rings is 1. The number of carboxylic acid groups (broad SMARTS) is 1. The minimum atomic E-state index is -1.12. The van der Waals surface area contributed by atoms with Crippen LogP contribution in [0.4, 0.5) is 5.69 Å². The minimum Gasteiger partial charge on any atom is -0.476 e. The topological polar surface area (TPSA) is 79.3 Å². The van der Waals surface area contributed by atoms with Gasteiger partial charge in [-0.25, -0.2) is 9.78 Å². The first-order valence-corrected chi connectivity index (χ1v) is 5.57. The number of anilines is 1. The van der Waals surface area contributed by atoms with Crippen LogP contribution < -0.4 is 5.32 Å². The van der Waals surface area contributed by atoms with Gasteiger partial charge < -0.3 is 10.4 Å². The number of fused-ring (bicyclic) bond motifs is 1. The number of carbonyl (C=O) groups is 2. The van der Waals surface area contributed by atoms with E-state index in [-0.39, 0.29) is 17.4 Å². The van der Waals surface area contributed by atoms with Crippen molar-refractivity contribution in [3.05, 3.63) is 16.2 Å². The molecule has 1 aromatic heterocycles. The molecule has 2 N–H and O–H groups in total. The Morgan fingerprint density at radius 2 is 2.40 bits per heavy atom. The molecular formula is C8H5BrN2O3S. The lowest BCUT2D eigenvalue weighted by Gasteiger charge is -2.16. The number of hydrogen-bond donors (Lipinski definition) is 2. The lowest BCUT2D eigenvalue weighted by atomic mass is 10.3. The van der Waals surface area contributed by atoms with E-state index in [1.165, 1.54) is 0 Å². The first-order valence-electron chi connectivity index (χ1n) is 3.96. The van der Waals surface area contributed by atoms with Gasteiger partial charge in [-0.1, -0.05) is 0 Å². The zero-order valence-electron chi connectivity index (χ0n) is 7.28. The second-order valence-electron chi connectivity index (χ2n) is 2.80. The van der Waals surface area contributed by atoms with E-state index < -0.39 is 5.97 Å². The third-order valence-electron chi connectivity index (χ3n) is 1.78. The summed E-state index contributed by atoms with van der Waals surface area (Å²) in [6.07, 6.45) is 0. The molecule has 2 heterocycles. The third-order valence-corrected chi connectivity index (χ3v) is 3.26. The molecule has 5 nitrogen and oxygen atoms in total. The van der Waals surface area contributed by atoms with Gasteiger partial charge in [-0.2, -0.15) is 0 Å². The fourth-order valence-corrected chi connectivity index (χ4v) is 2.36. The van der Waals surface area contributed by atoms with E-state index in [4.69, 9.17) is 5.11 Å². The Kier molecular flexibility index (Phi) is 2.66. The molecule has 0 aliphatic carbocycles. The highest BCUT2D eigenvalue weighted by molar-refractivity contribution is 9.10. The standard InChI is InChI=1S/C8H5BrN2O3S/c9-3-1-4-7(11-6(3)8(13)14)15-5(12)2-10-4/h1,10H,2H2,(H,13,14). The summed E-state index contributed by atoms with van der Waals surface area (Å²) in [7, 11) is 0. The van der Waals surface area contributed by atoms with Gasteiger partial charge in [-0.3, -0.25) is 4.79 Å². The van der Waals surface area contributed by atoms with Gasteiger partial charge in [0.25, 0.3) is 0 Å². The predicted molar refractivity (Wildman–Crippen MR) is 58.2 cm³/mol. The number of nitrogens with one attached hydrogen (secondary N) is 1. The Labute approximate surface area is 97.4 Å². The summed E-state index contributed by atoms with van der Waals surface area (Å²) in [6, 6.07) is 1.62. The fraction of sp³-hybridized carbons (Fsp3) is 0.125. The molecule has 0 amide bonds. The molecule has 0 fully saturated rings. The molecule has 1 aromatic rings. The van der Waals surface area contributed by atoms with Crippen molar-refractivity contribution in [3.63, 3.8) is 0 Å². The van der Waals surface area contributed by atoms with Gasteiger partial charge in [0, 0.05) is 0 Å². The smallest absolute Gasteiger partial charge is 0.355 e. The van der Waals surface area contributed by atoms with Gasteiger partial charge >= 0.3 is 5.97 Å². The quantitative estimate of drug-likeness (QED) is 0.817. The molecule has 0 atom stereocenters. The maximum absolute atomic E-state index is 11.1. The van der Waals surface area contributed by atoms with E-state index in [9.17, 15) is 9.59 Å². The normalized spacial score (nSPS) is 14.3. The molecular weight excluding hydrogens is 284 g/mol. The second kappa shape index (κ2) is 3.82. The van der Waals surface area contributed by atoms with Crippen LogP contribution in [0.5, 0.6) is 0 Å². The average Bonchev–Trinajstić information content (AvgIpc) is 2.17. The molecule has 7 heteroatoms. The predicted octanol–water partition coefficient (Wildman–Crippen LogP) is 1.59. The zero-order valence-corrected chi connectivity index (χ0v) is 9.68. The summed E-state index contributed by atoms with van der Waals surface area (Å²) in [4.78, 5) is 25.8. The summed E-state index contributed by atoms with van der Waals surface area (Å²) < 4.78 is 0.399. The number of aromatic nitrogens is 1. The average molecular weight is 289 g/mol. The van der Waals surface area contributed by atoms with Gasteiger partial charge in [0.15, 0.2) is 5.69 Å². The number of carboxylic acids is 1. The van der Waals surface area contributed by atoms with Crippen LogP contribution in [0.1, 0.15) is 10.5 Å². The molecule has 0 radical (unpaired) electrons. The van der Waals surface area contributed by atoms with Crippen LogP contribution in [0.3, 0.4) is 0 Å². The van der Waals surface area contributed by atoms with E-state index >= 15 is 0 Å². The van der Waals surface area contributed by atoms with Crippen molar-refractivity contribution < 1.29 is 14.7 Å². The van der Waals surface area contributed by atoms with Crippen LogP contribution in [0, 0.1) is 0 Å². The monoisotopic (exact) mass is 288 g/mol. The van der Waals surface area contributed by atoms with Crippen molar-refractivity contribution in [2.45, 2.75) is 5.03 Å². The maximum atomic E-state index is 11.1. The Morgan fingerprint density at radius 1 is 1.67 bits per heavy atom. The molecule has 0 bridgehead atoms. The van der Waals surface area contributed by atoms with Gasteiger partial charge in [0.05, 0.1) is 16.7 Å². The van der Waals surface area contributed by atoms with Crippen LogP contribution in [0.2, 0.25) is 0 Å². The molecule has 0 aromatic carbocycles. The van der Waals surface area contributed by atoms with E-state index in [1.54, 1.807) is 6.07 Å². The largest absolute Gasteiger partial charge is 0.476 e. The van der Waals surface area contributed by atoms with Crippen molar-refractivity contribution in [2.75, 3.05) is 11.9 Å². The maximum Gasteiger partial charge on any atom is 0.355 e. The molecule has 0 saturated heterocycles. The number of nitrogens with zero attached hydrogens (tertiary/aromatic N) is 1. The Bertz CT molecular complexity index is 463. The first kappa shape index (κ1) is 10.4. The lowest BCUT2D eigenvalue weighted by Crippen LogP contribution is -2.18. The number of thioether (sulfide) groups is 1. The van der Waals surface area contributed by atoms with Gasteiger partial charge in [-0.15, -0.1) is 0 Å². The SMILES string of the molecule is O=C1CNc2cc(Br)c(C(=O)O)nc2S1. The molecule has 0 unspecified atom stereocenters. The minimum absolute atomic E-state index is 0.0753. The summed E-state index contributed by atoms with van der Waals surface area (Å²) in [5.41, 5.74) is 0.592. The van der Waals surface area contributed by atoms with Crippen molar-refractivity contribution >= 4 is 44.5 Å². The summed E-state index contributed by atoms with van der Waals surface area (Å²) in [5.74, 6) is -1.12. The van der Waals surface area contributed by atoms with Crippen molar-refractivity contribution in [1.82, 2.24) is 4.98 Å². The molecule has 1 aliphatic heterocycles. The highest BCUT2D eigenvalue weighted by atomic mass is 79.9. The molecule has 1 aliphatic rings. The summed E-state index contributed by atoms with van der Waals surface area (Å²) in [6.45, 7) is 0.234. The van der Waals surface area contributed by atoms with Gasteiger partial charge in [0.1, 0.15) is 5.03 Å². The highest BCUT2D eigenvalue weighted by Crippen LogP contribution is 2.33. The van der Waals surface area contributed by atoms with Crippen LogP contribution in [-0.4, -0.2) is 27.7 Å². The van der Waals surface area contributed by atoms with Gasteiger partial charge in [-0.05, 0) is 33.8 Å². The van der Waals surface area contributed by atoms with E-state index in [1.807, 2.05) is 0 Å². The number of rotatable bonds is 1. The summed E-state index contributed by atoms with van der Waals surface area (Å²) in [5, 5.41) is 12.0. The first-order chi connectivity index (χ1) is 7.08. The number of hydrogen-bond acceptors (Lipinski definition) is 5. The number of carbonyl (C=O) groups excluding carboxylic acids is 1. The molecule has 78 valence electrons. The molecule has 15 heavy (non-hydrogen) atoms. The second-order valence-corrected chi connectivity index (χ2v) is 4.70. The molecule has 0 saturated carbocycles. The zero-order chi connectivity index (χ0) is 11.0. The highest BCUT2D eigenvalue weighted by Gasteiger charge is 2.21. The van der Waals surface area contributed by atoms with Crippen LogP contribution in [0.25, 0.3) is 0 Å². The Balaban J connectivity index is 2.51. The summed E-state index contributed by atoms with van der Waals surface area (Å²) >= 11 is 4.07. The number of aromatic carboxylic acids is 1. The fourth-order valence-electron chi connectivity index (χ4n) is 1.14. The van der Waals surface area contributed by atoms with Crippen LogP contribution in [0.15, 0.2) is 15.6 Å². The Hall–Kier alpha value is -1.08. The van der Waals surface area contributed by atoms with Crippen molar-refractivity contribution in [3.8, 4) is 0 Å². The number of halogens is 1. The third kappa shape index (κ3) is 1.98. The molecule has 0 spiro atoms. The van der Waals surface area contributed by atoms with E-state index in [0.717, 1.165) is 11.8 Å².